The van der Waals surface area contributed by atoms with Gasteiger partial charge in [-0.2, -0.15) is 5.26 Å². The van der Waals surface area contributed by atoms with Crippen molar-refractivity contribution < 1.29 is 24.1 Å². The first-order valence-electron chi connectivity index (χ1n) is 5.64. The summed E-state index contributed by atoms with van der Waals surface area (Å²) in [6, 6.07) is 4.58. The molecule has 1 aromatic rings. The van der Waals surface area contributed by atoms with Gasteiger partial charge >= 0.3 is 0 Å². The maximum absolute atomic E-state index is 11.3. The SMILES string of the molecule is COc1cc(/C(O)=C(\C#N)C(C)=O)cc(OC)c1OC. The third-order valence-electron chi connectivity index (χ3n) is 2.64. The second-order valence-electron chi connectivity index (χ2n) is 3.81. The number of hydrogen-bond acceptors (Lipinski definition) is 6. The average Bonchev–Trinajstić information content (AvgIpc) is 2.45. The highest BCUT2D eigenvalue weighted by atomic mass is 16.5. The first-order chi connectivity index (χ1) is 9.49. The van der Waals surface area contributed by atoms with Gasteiger partial charge in [0.25, 0.3) is 0 Å². The summed E-state index contributed by atoms with van der Waals surface area (Å²) >= 11 is 0. The molecule has 0 fully saturated rings. The molecule has 106 valence electrons. The number of aliphatic hydroxyl groups is 1. The van der Waals surface area contributed by atoms with Gasteiger partial charge in [0.2, 0.25) is 5.75 Å². The molecule has 0 aliphatic rings. The zero-order valence-electron chi connectivity index (χ0n) is 11.7. The number of aliphatic hydroxyl groups excluding tert-OH is 1. The molecule has 0 aliphatic carbocycles. The molecule has 0 unspecified atom stereocenters. The Bertz CT molecular complexity index is 573. The van der Waals surface area contributed by atoms with Crippen LogP contribution in [0.25, 0.3) is 5.76 Å². The van der Waals surface area contributed by atoms with E-state index in [4.69, 9.17) is 19.5 Å². The van der Waals surface area contributed by atoms with Gasteiger partial charge in [-0.3, -0.25) is 4.79 Å². The first-order valence-corrected chi connectivity index (χ1v) is 5.64. The highest BCUT2D eigenvalue weighted by Crippen LogP contribution is 2.39. The van der Waals surface area contributed by atoms with Crippen molar-refractivity contribution in [2.75, 3.05) is 21.3 Å². The molecule has 0 aromatic heterocycles. The summed E-state index contributed by atoms with van der Waals surface area (Å²) in [7, 11) is 4.31. The van der Waals surface area contributed by atoms with Crippen molar-refractivity contribution >= 4 is 11.5 Å². The zero-order chi connectivity index (χ0) is 15.3. The number of Topliss-reactive ketones (excluding diaryl/α,β-unsaturated/α-hetero) is 1. The van der Waals surface area contributed by atoms with Gasteiger partial charge in [-0.05, 0) is 12.1 Å². The Kier molecular flexibility index (Phi) is 4.98. The minimum atomic E-state index is -0.529. The van der Waals surface area contributed by atoms with E-state index in [0.29, 0.717) is 17.2 Å². The number of benzene rings is 1. The van der Waals surface area contributed by atoms with Crippen LogP contribution in [0.4, 0.5) is 0 Å². The van der Waals surface area contributed by atoms with Crippen LogP contribution in [0.5, 0.6) is 17.2 Å². The number of nitrogens with zero attached hydrogens (tertiary/aromatic N) is 1. The molecule has 1 aromatic carbocycles. The van der Waals surface area contributed by atoms with Crippen molar-refractivity contribution in [1.82, 2.24) is 0 Å². The van der Waals surface area contributed by atoms with Crippen LogP contribution in [0.15, 0.2) is 17.7 Å². The molecule has 1 rings (SSSR count). The Labute approximate surface area is 116 Å². The molecule has 1 N–H and O–H groups in total. The van der Waals surface area contributed by atoms with Gasteiger partial charge in [0.1, 0.15) is 17.4 Å². The Balaban J connectivity index is 3.56. The maximum Gasteiger partial charge on any atom is 0.203 e. The quantitative estimate of drug-likeness (QED) is 0.503. The van der Waals surface area contributed by atoms with Crippen molar-refractivity contribution in [3.05, 3.63) is 23.3 Å². The summed E-state index contributed by atoms with van der Waals surface area (Å²) in [6.45, 7) is 1.20. The summed E-state index contributed by atoms with van der Waals surface area (Å²) in [5, 5.41) is 18.9. The van der Waals surface area contributed by atoms with Gasteiger partial charge < -0.3 is 19.3 Å². The van der Waals surface area contributed by atoms with E-state index in [1.165, 1.54) is 40.4 Å². The molecule has 0 amide bonds. The van der Waals surface area contributed by atoms with Crippen LogP contribution >= 0.6 is 0 Å². The van der Waals surface area contributed by atoms with Gasteiger partial charge in [-0.15, -0.1) is 0 Å². The van der Waals surface area contributed by atoms with Crippen molar-refractivity contribution in [3.63, 3.8) is 0 Å². The third-order valence-corrected chi connectivity index (χ3v) is 2.64. The fourth-order valence-corrected chi connectivity index (χ4v) is 1.66. The number of carbonyl (C=O) groups excluding carboxylic acids is 1. The molecular formula is C14H15NO5. The fourth-order valence-electron chi connectivity index (χ4n) is 1.66. The standard InChI is InChI=1S/C14H15NO5/c1-8(16)10(7-15)13(17)9-5-11(18-2)14(20-4)12(6-9)19-3/h5-6,17H,1-4H3/b13-10-. The number of allylic oxidation sites excluding steroid dienone is 1. The minimum absolute atomic E-state index is 0.228. The zero-order valence-corrected chi connectivity index (χ0v) is 11.7. The smallest absolute Gasteiger partial charge is 0.203 e. The van der Waals surface area contributed by atoms with E-state index in [1.807, 2.05) is 0 Å². The number of hydrogen-bond donors (Lipinski definition) is 1. The van der Waals surface area contributed by atoms with E-state index in [0.717, 1.165) is 0 Å². The Morgan fingerprint density at radius 2 is 1.65 bits per heavy atom. The number of ether oxygens (including phenoxy) is 3. The van der Waals surface area contributed by atoms with Crippen molar-refractivity contribution in [2.45, 2.75) is 6.92 Å². The number of carbonyl (C=O) groups is 1. The van der Waals surface area contributed by atoms with Gasteiger partial charge in [0, 0.05) is 12.5 Å². The molecule has 0 heterocycles. The lowest BCUT2D eigenvalue weighted by Crippen LogP contribution is -2.01. The molecule has 6 nitrogen and oxygen atoms in total. The first kappa shape index (κ1) is 15.4. The van der Waals surface area contributed by atoms with Crippen LogP contribution < -0.4 is 14.2 Å². The minimum Gasteiger partial charge on any atom is -0.506 e. The van der Waals surface area contributed by atoms with E-state index in [2.05, 4.69) is 0 Å². The lowest BCUT2D eigenvalue weighted by Gasteiger charge is -2.14. The lowest BCUT2D eigenvalue weighted by atomic mass is 10.1. The number of methoxy groups -OCH3 is 3. The maximum atomic E-state index is 11.3. The van der Waals surface area contributed by atoms with Gasteiger partial charge in [-0.25, -0.2) is 0 Å². The molecule has 0 radical (unpaired) electrons. The molecule has 20 heavy (non-hydrogen) atoms. The Morgan fingerprint density at radius 3 is 1.95 bits per heavy atom. The second kappa shape index (κ2) is 6.48. The largest absolute Gasteiger partial charge is 0.506 e. The molecule has 0 spiro atoms. The van der Waals surface area contributed by atoms with Gasteiger partial charge in [0.05, 0.1) is 21.3 Å². The van der Waals surface area contributed by atoms with Crippen LogP contribution in [0, 0.1) is 11.3 Å². The average molecular weight is 277 g/mol. The number of nitriles is 1. The molecule has 0 aliphatic heterocycles. The summed E-state index contributed by atoms with van der Waals surface area (Å²) in [6.07, 6.45) is 0. The van der Waals surface area contributed by atoms with Crippen molar-refractivity contribution in [1.29, 1.82) is 5.26 Å². The van der Waals surface area contributed by atoms with E-state index in [1.54, 1.807) is 6.07 Å². The van der Waals surface area contributed by atoms with Crippen LogP contribution in [0.2, 0.25) is 0 Å². The van der Waals surface area contributed by atoms with E-state index in [9.17, 15) is 9.90 Å². The lowest BCUT2D eigenvalue weighted by molar-refractivity contribution is -0.113. The normalized spacial score (nSPS) is 11.2. The topological polar surface area (TPSA) is 88.8 Å². The summed E-state index contributed by atoms with van der Waals surface area (Å²) in [5.41, 5.74) is -0.106. The van der Waals surface area contributed by atoms with Crippen molar-refractivity contribution in [2.24, 2.45) is 0 Å². The summed E-state index contributed by atoms with van der Waals surface area (Å²) in [4.78, 5) is 11.3. The highest BCUT2D eigenvalue weighted by Gasteiger charge is 2.18. The molecular weight excluding hydrogens is 262 g/mol. The summed E-state index contributed by atoms with van der Waals surface area (Å²) in [5.74, 6) is 0.0226. The van der Waals surface area contributed by atoms with E-state index >= 15 is 0 Å². The molecule has 0 saturated heterocycles. The molecule has 6 heteroatoms. The van der Waals surface area contributed by atoms with E-state index in [-0.39, 0.29) is 11.1 Å². The number of ketones is 1. The highest BCUT2D eigenvalue weighted by molar-refractivity contribution is 6.03. The third kappa shape index (κ3) is 2.83. The van der Waals surface area contributed by atoms with Crippen LogP contribution in [0.1, 0.15) is 12.5 Å². The van der Waals surface area contributed by atoms with Crippen LogP contribution in [-0.4, -0.2) is 32.2 Å². The predicted octanol–water partition coefficient (Wildman–Crippen LogP) is 2.09. The monoisotopic (exact) mass is 277 g/mol. The fraction of sp³-hybridized carbons (Fsp3) is 0.286. The Morgan fingerprint density at radius 1 is 1.15 bits per heavy atom. The Hall–Kier alpha value is -2.68. The summed E-state index contributed by atoms with van der Waals surface area (Å²) < 4.78 is 15.4. The van der Waals surface area contributed by atoms with Gasteiger partial charge in [-0.1, -0.05) is 0 Å². The second-order valence-corrected chi connectivity index (χ2v) is 3.81. The van der Waals surface area contributed by atoms with Gasteiger partial charge in [0.15, 0.2) is 17.3 Å². The molecule has 0 bridgehead atoms. The van der Waals surface area contributed by atoms with E-state index < -0.39 is 11.5 Å². The molecule has 0 atom stereocenters. The van der Waals surface area contributed by atoms with Crippen LogP contribution in [0.3, 0.4) is 0 Å². The van der Waals surface area contributed by atoms with Crippen molar-refractivity contribution in [3.8, 4) is 23.3 Å². The van der Waals surface area contributed by atoms with Crippen LogP contribution in [-0.2, 0) is 4.79 Å². The predicted molar refractivity (Wildman–Crippen MR) is 71.9 cm³/mol. The number of rotatable bonds is 5. The molecule has 0 saturated carbocycles.